The van der Waals surface area contributed by atoms with Crippen LogP contribution in [0.3, 0.4) is 0 Å². The van der Waals surface area contributed by atoms with Gasteiger partial charge in [0.25, 0.3) is 5.56 Å². The molecule has 0 fully saturated rings. The number of sulfonamides is 1. The number of esters is 1. The summed E-state index contributed by atoms with van der Waals surface area (Å²) in [6.45, 7) is 9.67. The summed E-state index contributed by atoms with van der Waals surface area (Å²) >= 11 is 4.29. The smallest absolute Gasteiger partial charge is 0.457 e. The quantitative estimate of drug-likeness (QED) is 0.00957. The normalized spacial score (nSPS) is 14.5. The monoisotopic (exact) mass is 1340 g/mol. The molecular formula is C64H78AlN13O14S2. The van der Waals surface area contributed by atoms with Gasteiger partial charge in [0.05, 0.1) is 73.3 Å². The third kappa shape index (κ3) is 19.7. The predicted molar refractivity (Wildman–Crippen MR) is 349 cm³/mol. The minimum absolute atomic E-state index is 0.0694. The van der Waals surface area contributed by atoms with Crippen LogP contribution < -0.4 is 32.6 Å². The molecule has 498 valence electrons. The number of benzene rings is 2. The van der Waals surface area contributed by atoms with Crippen LogP contribution in [-0.2, 0) is 103 Å². The van der Waals surface area contributed by atoms with Crippen LogP contribution in [0.1, 0.15) is 119 Å². The van der Waals surface area contributed by atoms with Crippen LogP contribution in [-0.4, -0.2) is 167 Å². The number of fused-ring (bicyclic) bond motifs is 5. The Hall–Kier alpha value is -8.13. The number of ether oxygens (including phenoxy) is 5. The lowest BCUT2D eigenvalue weighted by atomic mass is 9.85. The molecule has 94 heavy (non-hydrogen) atoms. The number of unbranched alkanes of at least 4 members (excludes halogenated alkanes) is 2. The van der Waals surface area contributed by atoms with Crippen LogP contribution in [0.5, 0.6) is 0 Å². The zero-order valence-corrected chi connectivity index (χ0v) is 56.3. The Labute approximate surface area is 557 Å². The molecule has 4 aromatic heterocycles. The summed E-state index contributed by atoms with van der Waals surface area (Å²) in [4.78, 5) is 107. The second-order valence-electron chi connectivity index (χ2n) is 23.3. The number of carbonyl (C=O) groups is 6. The number of carbonyl (C=O) groups excluding carboxylic acids is 6. The largest absolute Gasteiger partial charge is 0.510 e. The fourth-order valence-electron chi connectivity index (χ4n) is 10.6. The zero-order chi connectivity index (χ0) is 67.6. The van der Waals surface area contributed by atoms with Crippen molar-refractivity contribution >= 4 is 90.4 Å². The first-order chi connectivity index (χ1) is 44.9. The molecule has 0 spiro atoms. The number of para-hydroxylation sites is 1. The van der Waals surface area contributed by atoms with Gasteiger partial charge < -0.3 is 55.3 Å². The number of hydrogen-bond donors (Lipinski definition) is 5. The van der Waals surface area contributed by atoms with Crippen molar-refractivity contribution in [2.24, 2.45) is 5.73 Å². The predicted octanol–water partition coefficient (Wildman–Crippen LogP) is 4.27. The third-order valence-electron chi connectivity index (χ3n) is 15.2. The number of pyridine rings is 2. The van der Waals surface area contributed by atoms with E-state index >= 15 is 0 Å². The molecular weight excluding hydrogens is 1270 g/mol. The topological polar surface area (TPSA) is 351 Å². The summed E-state index contributed by atoms with van der Waals surface area (Å²) in [7, 11) is -3.54. The molecule has 0 unspecified atom stereocenters. The summed E-state index contributed by atoms with van der Waals surface area (Å²) in [5, 5.41) is 20.6. The van der Waals surface area contributed by atoms with E-state index in [1.54, 1.807) is 76.9 Å². The number of hydrogen-bond acceptors (Lipinski definition) is 21. The van der Waals surface area contributed by atoms with Crippen molar-refractivity contribution in [3.63, 3.8) is 0 Å². The van der Waals surface area contributed by atoms with Gasteiger partial charge in [-0.25, -0.2) is 37.6 Å². The Kier molecular flexibility index (Phi) is 25.4. The van der Waals surface area contributed by atoms with Gasteiger partial charge >= 0.3 is 12.1 Å². The van der Waals surface area contributed by atoms with Gasteiger partial charge in [0.2, 0.25) is 39.3 Å². The van der Waals surface area contributed by atoms with E-state index < -0.39 is 70.3 Å². The third-order valence-corrected chi connectivity index (χ3v) is 17.9. The number of thioether (sulfide) groups is 1. The van der Waals surface area contributed by atoms with Crippen LogP contribution in [0.25, 0.3) is 22.3 Å². The number of anilines is 1. The molecule has 4 amide bonds. The molecule has 0 saturated heterocycles. The van der Waals surface area contributed by atoms with Crippen molar-refractivity contribution < 1.29 is 60.9 Å². The number of amides is 4. The summed E-state index contributed by atoms with van der Waals surface area (Å²) < 4.78 is 57.9. The standard InChI is InChI=1S/C64H78N13O14S2.Al/c1-7-64(51-31-54-58-49(36-76(54)60(82)50(51)38-89-61(64)83)47(48-16-11-12-17-52(48)72-58)24-27-77(41(2)3)93(6,85)86)91-63(84)90-37-43-20-22-45(23-21-43)70-59(81)53(18-13-14-25-65)71-57(80)40-88-39-56(79)66-26-29-87-30-28-75-35-46(73-74-75)34-67-55(78)19-10-8-9-15-44-32-68-62(69-33-44)92-42(4)5;/h11-12,16-17,20-23,31-33,35,41,53H,7-8,10,13-14,18-19,24-30,34,36-40,65H2,1-6H3,(H,66,79)(H,67,78)(H,70,81)(H,71,80);/t53-,64-;/m0./s1. The summed E-state index contributed by atoms with van der Waals surface area (Å²) in [5.41, 5.74) is 8.67. The number of aromatic nitrogens is 7. The summed E-state index contributed by atoms with van der Waals surface area (Å²) in [6, 6.07) is 14.1. The van der Waals surface area contributed by atoms with Gasteiger partial charge in [-0.3, -0.25) is 24.0 Å². The van der Waals surface area contributed by atoms with E-state index in [-0.39, 0.29) is 92.1 Å². The zero-order valence-electron chi connectivity index (χ0n) is 53.5. The van der Waals surface area contributed by atoms with Crippen molar-refractivity contribution in [3.8, 4) is 23.2 Å². The number of cyclic esters (lactones) is 1. The van der Waals surface area contributed by atoms with Gasteiger partial charge in [0, 0.05) is 66.6 Å². The second-order valence-corrected chi connectivity index (χ2v) is 28.7. The molecule has 30 heteroatoms. The number of nitrogens with one attached hydrogen (secondary N) is 4. The molecule has 0 aliphatic carbocycles. The molecule has 0 bridgehead atoms. The van der Waals surface area contributed by atoms with Crippen LogP contribution in [0.2, 0.25) is 0 Å². The van der Waals surface area contributed by atoms with Crippen molar-refractivity contribution in [3.05, 3.63) is 123 Å². The number of nitrogens with two attached hydrogens (primary N) is 1. The summed E-state index contributed by atoms with van der Waals surface area (Å²) in [5.74, 6) is 3.44. The number of nitrogens with zero attached hydrogens (tertiary/aromatic N) is 8. The Balaban J connectivity index is 0.742. The van der Waals surface area contributed by atoms with Crippen molar-refractivity contribution in [1.82, 2.24) is 54.8 Å². The molecule has 2 aliphatic heterocycles. The van der Waals surface area contributed by atoms with Gasteiger partial charge in [-0.1, -0.05) is 83.5 Å². The Bertz CT molecular complexity index is 3950. The van der Waals surface area contributed by atoms with Crippen molar-refractivity contribution in [2.45, 2.75) is 145 Å². The van der Waals surface area contributed by atoms with Crippen molar-refractivity contribution in [2.75, 3.05) is 57.6 Å². The van der Waals surface area contributed by atoms with Crippen LogP contribution in [0.4, 0.5) is 10.5 Å². The minimum Gasteiger partial charge on any atom is -0.457 e. The molecule has 8 rings (SSSR count). The molecule has 6 aromatic rings. The molecule has 2 radical (unpaired) electrons. The molecule has 6 heterocycles. The Morgan fingerprint density at radius 1 is 0.957 bits per heavy atom. The highest BCUT2D eigenvalue weighted by Crippen LogP contribution is 2.42. The molecule has 2 aliphatic rings. The highest BCUT2D eigenvalue weighted by molar-refractivity contribution is 8.01. The highest BCUT2D eigenvalue weighted by Gasteiger charge is 2.51. The first-order valence-corrected chi connectivity index (χ1v) is 34.1. The lowest BCUT2D eigenvalue weighted by Gasteiger charge is -2.35. The van der Waals surface area contributed by atoms with Gasteiger partial charge in [-0.15, -0.1) is 5.10 Å². The highest BCUT2D eigenvalue weighted by atomic mass is 32.2. The fraction of sp³-hybridized carbons (Fsp3) is 0.469. The van der Waals surface area contributed by atoms with E-state index in [0.29, 0.717) is 96.2 Å². The van der Waals surface area contributed by atoms with Crippen LogP contribution in [0.15, 0.2) is 83.1 Å². The maximum absolute atomic E-state index is 14.4. The number of rotatable bonds is 33. The second kappa shape index (κ2) is 33.3. The van der Waals surface area contributed by atoms with Gasteiger partial charge in [-0.2, -0.15) is 4.31 Å². The summed E-state index contributed by atoms with van der Waals surface area (Å²) in [6.07, 6.45) is 8.09. The van der Waals surface area contributed by atoms with E-state index in [1.165, 1.54) is 10.6 Å². The first kappa shape index (κ1) is 71.7. The molecule has 6 N–H and O–H groups in total. The maximum Gasteiger partial charge on any atom is 0.510 e. The van der Waals surface area contributed by atoms with E-state index in [2.05, 4.69) is 83.5 Å². The van der Waals surface area contributed by atoms with E-state index in [0.717, 1.165) is 16.5 Å². The molecule has 27 nitrogen and oxygen atoms in total. The van der Waals surface area contributed by atoms with E-state index in [1.807, 2.05) is 38.1 Å². The lowest BCUT2D eigenvalue weighted by Crippen LogP contribution is -2.47. The van der Waals surface area contributed by atoms with Gasteiger partial charge in [0.1, 0.15) is 54.5 Å². The molecule has 0 saturated carbocycles. The lowest BCUT2D eigenvalue weighted by molar-refractivity contribution is -0.175. The van der Waals surface area contributed by atoms with Crippen molar-refractivity contribution in [1.29, 1.82) is 0 Å². The SMILES string of the molecule is CC[C@@]1(OC(=O)OCc2ccc(NC(=O)[C@H](CCCCN)NC(=O)COCC(=O)NCCOCCn3cc(CNC(=O)CCCC#Cc4cnc(S[C](C)(C)[Al])nc4)nn3)cc2)C(=O)OCc2c1cc1n(c2=O)Cc2c-1nc1ccccc1c2CCN(C(C)C)S(C)(=O)=O. The molecule has 2 aromatic carbocycles. The fourth-order valence-corrected chi connectivity index (χ4v) is 12.8. The van der Waals surface area contributed by atoms with E-state index in [9.17, 15) is 42.0 Å². The van der Waals surface area contributed by atoms with Gasteiger partial charge in [0.15, 0.2) is 5.16 Å². The minimum atomic E-state index is -3.54. The molecule has 2 atom stereocenters. The average Bonchev–Trinajstić information content (AvgIpc) is 1.51. The Morgan fingerprint density at radius 3 is 2.44 bits per heavy atom. The average molecular weight is 1340 g/mol. The maximum atomic E-state index is 14.4. The first-order valence-electron chi connectivity index (χ1n) is 30.9. The van der Waals surface area contributed by atoms with Crippen LogP contribution >= 0.6 is 11.8 Å². The van der Waals surface area contributed by atoms with Gasteiger partial charge in [-0.05, 0) is 94.3 Å². The van der Waals surface area contributed by atoms with E-state index in [4.69, 9.17) is 34.4 Å². The Morgan fingerprint density at radius 2 is 1.71 bits per heavy atom. The van der Waals surface area contributed by atoms with Crippen LogP contribution in [0, 0.1) is 11.8 Å².